The molecule has 166 valence electrons. The van der Waals surface area contributed by atoms with Gasteiger partial charge in [0.15, 0.2) is 5.82 Å². The summed E-state index contributed by atoms with van der Waals surface area (Å²) in [6.07, 6.45) is 2.96. The van der Waals surface area contributed by atoms with Crippen LogP contribution in [-0.4, -0.2) is 53.9 Å². The van der Waals surface area contributed by atoms with Gasteiger partial charge in [-0.15, -0.1) is 0 Å². The molecule has 7 nitrogen and oxygen atoms in total. The van der Waals surface area contributed by atoms with Gasteiger partial charge < -0.3 is 4.52 Å². The molecule has 0 aliphatic carbocycles. The molecule has 0 N–H and O–H groups in total. The molecule has 0 saturated carbocycles. The van der Waals surface area contributed by atoms with Crippen molar-refractivity contribution in [2.24, 2.45) is 0 Å². The van der Waals surface area contributed by atoms with Crippen molar-refractivity contribution in [1.29, 1.82) is 0 Å². The van der Waals surface area contributed by atoms with Crippen molar-refractivity contribution >= 4 is 10.0 Å². The van der Waals surface area contributed by atoms with Crippen LogP contribution in [0.3, 0.4) is 0 Å². The number of sulfonamides is 1. The summed E-state index contributed by atoms with van der Waals surface area (Å²) in [6, 6.07) is 7.25. The van der Waals surface area contributed by atoms with E-state index >= 15 is 0 Å². The van der Waals surface area contributed by atoms with E-state index in [0.29, 0.717) is 37.0 Å². The molecule has 2 aromatic rings. The normalized spacial score (nSPS) is 17.9. The molecule has 0 bridgehead atoms. The van der Waals surface area contributed by atoms with E-state index < -0.39 is 10.0 Å². The Morgan fingerprint density at radius 1 is 1.10 bits per heavy atom. The standard InChI is InChI=1S/C22H34N4O3S/c1-6-7-8-20-23-21(29-24-20)17(2)25-13-15-26(16-14-25)30(27,28)19-11-9-18(10-12-19)22(3,4)5/h9-12,17H,6-8,13-16H2,1-5H3. The number of nitrogens with zero attached hydrogens (tertiary/aromatic N) is 4. The molecule has 1 saturated heterocycles. The maximum atomic E-state index is 13.1. The van der Waals surface area contributed by atoms with E-state index in [1.807, 2.05) is 19.1 Å². The van der Waals surface area contributed by atoms with Crippen molar-refractivity contribution < 1.29 is 12.9 Å². The fourth-order valence-electron chi connectivity index (χ4n) is 3.64. The van der Waals surface area contributed by atoms with E-state index in [2.05, 4.69) is 42.7 Å². The number of hydrogen-bond donors (Lipinski definition) is 0. The summed E-state index contributed by atoms with van der Waals surface area (Å²) in [4.78, 5) is 7.07. The Morgan fingerprint density at radius 2 is 1.73 bits per heavy atom. The molecule has 1 fully saturated rings. The Balaban J connectivity index is 1.62. The number of piperazine rings is 1. The van der Waals surface area contributed by atoms with Crippen LogP contribution in [-0.2, 0) is 21.9 Å². The average molecular weight is 435 g/mol. The van der Waals surface area contributed by atoms with Crippen LogP contribution in [0, 0.1) is 0 Å². The molecule has 1 aromatic heterocycles. The minimum absolute atomic E-state index is 0.00476. The summed E-state index contributed by atoms with van der Waals surface area (Å²) in [5.41, 5.74) is 1.12. The third-order valence-corrected chi connectivity index (χ3v) is 7.69. The highest BCUT2D eigenvalue weighted by Crippen LogP contribution is 2.26. The molecule has 3 rings (SSSR count). The van der Waals surface area contributed by atoms with Crippen LogP contribution in [0.1, 0.15) is 70.8 Å². The first kappa shape index (κ1) is 22.9. The second-order valence-electron chi connectivity index (χ2n) is 9.04. The lowest BCUT2D eigenvalue weighted by Crippen LogP contribution is -2.49. The summed E-state index contributed by atoms with van der Waals surface area (Å²) >= 11 is 0. The molecular weight excluding hydrogens is 400 g/mol. The van der Waals surface area contributed by atoms with Gasteiger partial charge in [0.2, 0.25) is 15.9 Å². The largest absolute Gasteiger partial charge is 0.338 e. The number of unbranched alkanes of at least 4 members (excludes halogenated alkanes) is 1. The first-order valence-electron chi connectivity index (χ1n) is 10.8. The monoisotopic (exact) mass is 434 g/mol. The van der Waals surface area contributed by atoms with Crippen LogP contribution in [0.2, 0.25) is 0 Å². The Morgan fingerprint density at radius 3 is 2.30 bits per heavy atom. The van der Waals surface area contributed by atoms with E-state index in [4.69, 9.17) is 4.52 Å². The molecule has 1 aromatic carbocycles. The summed E-state index contributed by atoms with van der Waals surface area (Å²) in [6.45, 7) is 12.7. The first-order valence-corrected chi connectivity index (χ1v) is 12.2. The molecule has 30 heavy (non-hydrogen) atoms. The number of hydrogen-bond acceptors (Lipinski definition) is 6. The van der Waals surface area contributed by atoms with Crippen molar-refractivity contribution in [3.63, 3.8) is 0 Å². The fraction of sp³-hybridized carbons (Fsp3) is 0.636. The molecule has 0 amide bonds. The zero-order valence-corrected chi connectivity index (χ0v) is 19.6. The smallest absolute Gasteiger partial charge is 0.243 e. The van der Waals surface area contributed by atoms with E-state index in [-0.39, 0.29) is 11.5 Å². The van der Waals surface area contributed by atoms with Gasteiger partial charge in [-0.05, 0) is 36.5 Å². The van der Waals surface area contributed by atoms with Crippen molar-refractivity contribution in [3.05, 3.63) is 41.5 Å². The maximum Gasteiger partial charge on any atom is 0.243 e. The Hall–Kier alpha value is -1.77. The van der Waals surface area contributed by atoms with Crippen LogP contribution >= 0.6 is 0 Å². The Bertz CT molecular complexity index is 924. The first-order chi connectivity index (χ1) is 14.1. The SMILES string of the molecule is CCCCc1noc(C(C)N2CCN(S(=O)(=O)c3ccc(C(C)(C)C)cc3)CC2)n1. The van der Waals surface area contributed by atoms with Crippen LogP contribution < -0.4 is 0 Å². The second-order valence-corrected chi connectivity index (χ2v) is 11.0. The highest BCUT2D eigenvalue weighted by molar-refractivity contribution is 7.89. The lowest BCUT2D eigenvalue weighted by Gasteiger charge is -2.36. The molecule has 2 heterocycles. The van der Waals surface area contributed by atoms with E-state index in [9.17, 15) is 8.42 Å². The second kappa shape index (κ2) is 9.16. The fourth-order valence-corrected chi connectivity index (χ4v) is 5.06. The zero-order chi connectivity index (χ0) is 21.9. The van der Waals surface area contributed by atoms with Crippen molar-refractivity contribution in [2.45, 2.75) is 70.2 Å². The molecule has 1 unspecified atom stereocenters. The lowest BCUT2D eigenvalue weighted by molar-refractivity contribution is 0.124. The van der Waals surface area contributed by atoms with Gasteiger partial charge in [0.05, 0.1) is 10.9 Å². The third-order valence-electron chi connectivity index (χ3n) is 5.77. The predicted molar refractivity (Wildman–Crippen MR) is 117 cm³/mol. The molecule has 0 radical (unpaired) electrons. The molecule has 0 spiro atoms. The van der Waals surface area contributed by atoms with Gasteiger partial charge in [0.25, 0.3) is 0 Å². The minimum Gasteiger partial charge on any atom is -0.338 e. The summed E-state index contributed by atoms with van der Waals surface area (Å²) in [7, 11) is -3.49. The topological polar surface area (TPSA) is 79.5 Å². The summed E-state index contributed by atoms with van der Waals surface area (Å²) in [5, 5.41) is 4.07. The molecular formula is C22H34N4O3S. The average Bonchev–Trinajstić information content (AvgIpc) is 3.20. The summed E-state index contributed by atoms with van der Waals surface area (Å²) in [5.74, 6) is 1.36. The number of rotatable bonds is 7. The van der Waals surface area contributed by atoms with Gasteiger partial charge in [-0.1, -0.05) is 51.4 Å². The molecule has 1 atom stereocenters. The minimum atomic E-state index is -3.49. The maximum absolute atomic E-state index is 13.1. The quantitative estimate of drug-likeness (QED) is 0.660. The number of benzene rings is 1. The van der Waals surface area contributed by atoms with Gasteiger partial charge in [-0.3, -0.25) is 4.90 Å². The van der Waals surface area contributed by atoms with Gasteiger partial charge in [0, 0.05) is 32.6 Å². The Labute approximate surface area is 180 Å². The van der Waals surface area contributed by atoms with E-state index in [1.54, 1.807) is 16.4 Å². The highest BCUT2D eigenvalue weighted by Gasteiger charge is 2.32. The van der Waals surface area contributed by atoms with Gasteiger partial charge in [-0.25, -0.2) is 8.42 Å². The predicted octanol–water partition coefficient (Wildman–Crippen LogP) is 3.78. The number of aryl methyl sites for hydroxylation is 1. The van der Waals surface area contributed by atoms with Gasteiger partial charge >= 0.3 is 0 Å². The van der Waals surface area contributed by atoms with E-state index in [1.165, 1.54) is 0 Å². The molecule has 1 aliphatic heterocycles. The highest BCUT2D eigenvalue weighted by atomic mass is 32.2. The van der Waals surface area contributed by atoms with E-state index in [0.717, 1.165) is 30.7 Å². The van der Waals surface area contributed by atoms with Crippen molar-refractivity contribution in [2.75, 3.05) is 26.2 Å². The van der Waals surface area contributed by atoms with Crippen molar-refractivity contribution in [3.8, 4) is 0 Å². The molecule has 1 aliphatic rings. The lowest BCUT2D eigenvalue weighted by atomic mass is 9.87. The van der Waals surface area contributed by atoms with Crippen LogP contribution in [0.4, 0.5) is 0 Å². The Kier molecular flexibility index (Phi) is 6.99. The zero-order valence-electron chi connectivity index (χ0n) is 18.8. The molecule has 8 heteroatoms. The van der Waals surface area contributed by atoms with Crippen LogP contribution in [0.5, 0.6) is 0 Å². The summed E-state index contributed by atoms with van der Waals surface area (Å²) < 4.78 is 33.1. The number of aromatic nitrogens is 2. The van der Waals surface area contributed by atoms with Crippen LogP contribution in [0.15, 0.2) is 33.7 Å². The third kappa shape index (κ3) is 5.10. The van der Waals surface area contributed by atoms with Crippen molar-refractivity contribution in [1.82, 2.24) is 19.3 Å². The van der Waals surface area contributed by atoms with Gasteiger partial charge in [-0.2, -0.15) is 9.29 Å². The van der Waals surface area contributed by atoms with Crippen LogP contribution in [0.25, 0.3) is 0 Å². The van der Waals surface area contributed by atoms with Gasteiger partial charge in [0.1, 0.15) is 0 Å².